The van der Waals surface area contributed by atoms with Crippen molar-refractivity contribution in [2.45, 2.75) is 0 Å². The number of phenolic OH excluding ortho intramolecular Hbond substituents is 1. The lowest BCUT2D eigenvalue weighted by Gasteiger charge is -2.05. The second-order valence-corrected chi connectivity index (χ2v) is 6.42. The number of aromatic hydroxyl groups is 1. The molecule has 3 aromatic rings. The predicted octanol–water partition coefficient (Wildman–Crippen LogP) is 3.61. The fourth-order valence-corrected chi connectivity index (χ4v) is 3.08. The first-order chi connectivity index (χ1) is 13.5. The molecule has 0 radical (unpaired) electrons. The van der Waals surface area contributed by atoms with Crippen molar-refractivity contribution in [2.75, 3.05) is 16.4 Å². The van der Waals surface area contributed by atoms with Crippen molar-refractivity contribution in [1.29, 1.82) is 0 Å². The molecule has 1 aliphatic heterocycles. The molecule has 1 heterocycles. The quantitative estimate of drug-likeness (QED) is 0.319. The second-order valence-electron chi connectivity index (χ2n) is 6.42. The molecule has 6 nitrogen and oxygen atoms in total. The molecular weight excluding hydrogens is 354 g/mol. The number of nitrogen functional groups attached to an aromatic ring is 1. The van der Waals surface area contributed by atoms with Crippen LogP contribution >= 0.6 is 0 Å². The highest BCUT2D eigenvalue weighted by atomic mass is 16.3. The molecule has 0 bridgehead atoms. The molecule has 0 saturated carbocycles. The minimum atomic E-state index is -0.267. The summed E-state index contributed by atoms with van der Waals surface area (Å²) in [5.74, 6) is -0.305. The van der Waals surface area contributed by atoms with Crippen LogP contribution in [0.15, 0.2) is 72.9 Å². The fourth-order valence-electron chi connectivity index (χ4n) is 3.08. The topological polar surface area (TPSA) is 104 Å². The molecule has 0 unspecified atom stereocenters. The lowest BCUT2D eigenvalue weighted by atomic mass is 9.99. The Morgan fingerprint density at radius 2 is 1.79 bits per heavy atom. The van der Waals surface area contributed by atoms with Gasteiger partial charge in [-0.15, -0.1) is 0 Å². The van der Waals surface area contributed by atoms with Gasteiger partial charge < -0.3 is 21.5 Å². The van der Waals surface area contributed by atoms with Crippen molar-refractivity contribution in [2.24, 2.45) is 0 Å². The van der Waals surface area contributed by atoms with E-state index in [9.17, 15) is 14.7 Å². The third-order valence-corrected chi connectivity index (χ3v) is 4.44. The van der Waals surface area contributed by atoms with Gasteiger partial charge in [-0.05, 0) is 30.3 Å². The van der Waals surface area contributed by atoms with E-state index in [1.54, 1.807) is 72.9 Å². The third-order valence-electron chi connectivity index (χ3n) is 4.44. The van der Waals surface area contributed by atoms with Crippen LogP contribution < -0.4 is 16.4 Å². The molecule has 1 amide bonds. The summed E-state index contributed by atoms with van der Waals surface area (Å²) in [5, 5.41) is 15.3. The molecule has 4 rings (SSSR count). The Morgan fingerprint density at radius 3 is 2.57 bits per heavy atom. The van der Waals surface area contributed by atoms with Crippen LogP contribution in [-0.2, 0) is 4.79 Å². The molecule has 0 aromatic heterocycles. The van der Waals surface area contributed by atoms with E-state index in [1.165, 1.54) is 0 Å². The zero-order chi connectivity index (χ0) is 19.7. The number of carbonyl (C=O) groups excluding carboxylic acids is 2. The van der Waals surface area contributed by atoms with E-state index in [2.05, 4.69) is 10.6 Å². The monoisotopic (exact) mass is 371 g/mol. The van der Waals surface area contributed by atoms with Gasteiger partial charge in [-0.1, -0.05) is 30.3 Å². The maximum absolute atomic E-state index is 12.7. The van der Waals surface area contributed by atoms with E-state index >= 15 is 0 Å². The Kier molecular flexibility index (Phi) is 4.29. The lowest BCUT2D eigenvalue weighted by molar-refractivity contribution is -0.110. The number of nitrogens with two attached hydrogens (primary N) is 1. The Morgan fingerprint density at radius 1 is 1.00 bits per heavy atom. The molecule has 138 valence electrons. The molecule has 3 aromatic carbocycles. The average molecular weight is 371 g/mol. The molecule has 0 fully saturated rings. The van der Waals surface area contributed by atoms with E-state index in [4.69, 9.17) is 5.73 Å². The van der Waals surface area contributed by atoms with Crippen LogP contribution in [0.1, 0.15) is 21.5 Å². The van der Waals surface area contributed by atoms with E-state index in [-0.39, 0.29) is 17.4 Å². The van der Waals surface area contributed by atoms with Gasteiger partial charge in [0.15, 0.2) is 5.78 Å². The van der Waals surface area contributed by atoms with Crippen LogP contribution in [0.2, 0.25) is 0 Å². The number of ketones is 1. The number of anilines is 3. The van der Waals surface area contributed by atoms with Gasteiger partial charge in [0, 0.05) is 46.0 Å². The van der Waals surface area contributed by atoms with E-state index in [1.807, 2.05) is 0 Å². The van der Waals surface area contributed by atoms with E-state index < -0.39 is 0 Å². The predicted molar refractivity (Wildman–Crippen MR) is 109 cm³/mol. The third kappa shape index (κ3) is 3.31. The number of hydrogen-bond acceptors (Lipinski definition) is 5. The minimum absolute atomic E-state index is 0.129. The number of nitrogens with one attached hydrogen (secondary N) is 2. The number of amides is 1. The van der Waals surface area contributed by atoms with Crippen LogP contribution in [0.25, 0.3) is 5.57 Å². The number of phenols is 1. The zero-order valence-electron chi connectivity index (χ0n) is 14.8. The number of hydrogen-bond donors (Lipinski definition) is 4. The maximum Gasteiger partial charge on any atom is 0.257 e. The summed E-state index contributed by atoms with van der Waals surface area (Å²) in [6.07, 6.45) is 1.58. The van der Waals surface area contributed by atoms with Crippen molar-refractivity contribution in [3.05, 3.63) is 89.6 Å². The fraction of sp³-hybridized carbons (Fsp3) is 0. The summed E-state index contributed by atoms with van der Waals surface area (Å²) >= 11 is 0. The summed E-state index contributed by atoms with van der Waals surface area (Å²) in [7, 11) is 0. The smallest absolute Gasteiger partial charge is 0.257 e. The summed E-state index contributed by atoms with van der Waals surface area (Å²) < 4.78 is 0. The highest BCUT2D eigenvalue weighted by Gasteiger charge is 2.25. The Hall–Kier alpha value is -4.06. The molecule has 0 atom stereocenters. The van der Waals surface area contributed by atoms with Crippen molar-refractivity contribution in [1.82, 2.24) is 0 Å². The number of rotatable bonds is 4. The van der Waals surface area contributed by atoms with Gasteiger partial charge in [-0.3, -0.25) is 9.59 Å². The molecule has 28 heavy (non-hydrogen) atoms. The second kappa shape index (κ2) is 6.92. The molecular formula is C22H17N3O3. The van der Waals surface area contributed by atoms with Crippen LogP contribution in [0.4, 0.5) is 17.1 Å². The van der Waals surface area contributed by atoms with Gasteiger partial charge in [-0.2, -0.15) is 0 Å². The summed E-state index contributed by atoms with van der Waals surface area (Å²) in [5.41, 5.74) is 9.59. The molecule has 0 saturated heterocycles. The van der Waals surface area contributed by atoms with E-state index in [0.29, 0.717) is 39.3 Å². The standard InChI is InChI=1S/C22H17N3O3/c23-15-4-1-3-13(9-15)21(27)14-7-8-18-19(22(28)25-20(18)10-14)12-24-16-5-2-6-17(26)11-16/h1-12,24,26H,23H2,(H,25,28). The highest BCUT2D eigenvalue weighted by molar-refractivity contribution is 6.32. The minimum Gasteiger partial charge on any atom is -0.508 e. The summed E-state index contributed by atoms with van der Waals surface area (Å²) in [4.78, 5) is 25.0. The van der Waals surface area contributed by atoms with Crippen LogP contribution in [0.3, 0.4) is 0 Å². The number of benzene rings is 3. The summed E-state index contributed by atoms with van der Waals surface area (Å²) in [6, 6.07) is 18.5. The van der Waals surface area contributed by atoms with Crippen LogP contribution in [0.5, 0.6) is 5.75 Å². The first-order valence-electron chi connectivity index (χ1n) is 8.63. The van der Waals surface area contributed by atoms with Gasteiger partial charge in [0.1, 0.15) is 5.75 Å². The average Bonchev–Trinajstić information content (AvgIpc) is 3.00. The highest BCUT2D eigenvalue weighted by Crippen LogP contribution is 2.33. The maximum atomic E-state index is 12.7. The van der Waals surface area contributed by atoms with Crippen LogP contribution in [-0.4, -0.2) is 16.8 Å². The zero-order valence-corrected chi connectivity index (χ0v) is 14.8. The molecule has 1 aliphatic rings. The van der Waals surface area contributed by atoms with Crippen molar-refractivity contribution >= 4 is 34.3 Å². The van der Waals surface area contributed by atoms with Gasteiger partial charge >= 0.3 is 0 Å². The SMILES string of the molecule is Nc1cccc(C(=O)c2ccc3c(c2)NC(=O)C3=CNc2cccc(O)c2)c1. The van der Waals surface area contributed by atoms with Crippen molar-refractivity contribution < 1.29 is 14.7 Å². The first kappa shape index (κ1) is 17.4. The van der Waals surface area contributed by atoms with Gasteiger partial charge in [0.2, 0.25) is 0 Å². The number of fused-ring (bicyclic) bond motifs is 1. The normalized spacial score (nSPS) is 13.9. The molecule has 0 aliphatic carbocycles. The first-order valence-corrected chi connectivity index (χ1v) is 8.63. The lowest BCUT2D eigenvalue weighted by Crippen LogP contribution is -2.05. The molecule has 5 N–H and O–H groups in total. The summed E-state index contributed by atoms with van der Waals surface area (Å²) in [6.45, 7) is 0. The van der Waals surface area contributed by atoms with E-state index in [0.717, 1.165) is 0 Å². The van der Waals surface area contributed by atoms with Gasteiger partial charge in [-0.25, -0.2) is 0 Å². The van der Waals surface area contributed by atoms with Crippen molar-refractivity contribution in [3.63, 3.8) is 0 Å². The van der Waals surface area contributed by atoms with Gasteiger partial charge in [0.25, 0.3) is 5.91 Å². The largest absolute Gasteiger partial charge is 0.508 e. The van der Waals surface area contributed by atoms with Gasteiger partial charge in [0.05, 0.1) is 5.57 Å². The van der Waals surface area contributed by atoms with Crippen LogP contribution in [0, 0.1) is 0 Å². The Balaban J connectivity index is 1.62. The van der Waals surface area contributed by atoms with Crippen molar-refractivity contribution in [3.8, 4) is 5.75 Å². The molecule has 0 spiro atoms. The Bertz CT molecular complexity index is 1140. The molecule has 6 heteroatoms. The Labute approximate surface area is 161 Å². The number of carbonyl (C=O) groups is 2.